The first kappa shape index (κ1) is 11.4. The van der Waals surface area contributed by atoms with Gasteiger partial charge in [0.2, 0.25) is 0 Å². The highest BCUT2D eigenvalue weighted by Gasteiger charge is 2.17. The quantitative estimate of drug-likeness (QED) is 0.845. The Morgan fingerprint density at radius 2 is 2.12 bits per heavy atom. The molecule has 0 radical (unpaired) electrons. The lowest BCUT2D eigenvalue weighted by Gasteiger charge is -2.31. The average molecular weight is 219 g/mol. The Bertz CT molecular complexity index is 312. The van der Waals surface area contributed by atoms with Gasteiger partial charge in [-0.25, -0.2) is 0 Å². The standard InChI is InChI=1S/C13H21N3/c1-3-16-8-6-12(7-9-16)15-13-5-4-11(2)14-10-13/h4-5,10,12,15H,3,6-9H2,1-2H3. The van der Waals surface area contributed by atoms with Crippen LogP contribution in [-0.4, -0.2) is 35.6 Å². The third kappa shape index (κ3) is 2.95. The number of hydrogen-bond donors (Lipinski definition) is 1. The summed E-state index contributed by atoms with van der Waals surface area (Å²) in [5, 5.41) is 3.56. The van der Waals surface area contributed by atoms with Crippen molar-refractivity contribution in [3.05, 3.63) is 24.0 Å². The SMILES string of the molecule is CCN1CCC(Nc2ccc(C)nc2)CC1. The van der Waals surface area contributed by atoms with E-state index in [1.54, 1.807) is 0 Å². The highest BCUT2D eigenvalue weighted by atomic mass is 15.1. The van der Waals surface area contributed by atoms with Crippen LogP contribution in [0.4, 0.5) is 5.69 Å². The second-order valence-electron chi connectivity index (χ2n) is 4.54. The van der Waals surface area contributed by atoms with Gasteiger partial charge in [0.1, 0.15) is 0 Å². The lowest BCUT2D eigenvalue weighted by Crippen LogP contribution is -2.38. The first-order valence-corrected chi connectivity index (χ1v) is 6.19. The van der Waals surface area contributed by atoms with E-state index in [-0.39, 0.29) is 0 Å². The summed E-state index contributed by atoms with van der Waals surface area (Å²) in [5.41, 5.74) is 2.23. The third-order valence-corrected chi connectivity index (χ3v) is 3.32. The van der Waals surface area contributed by atoms with Gasteiger partial charge in [0.15, 0.2) is 0 Å². The fourth-order valence-electron chi connectivity index (χ4n) is 2.18. The van der Waals surface area contributed by atoms with Gasteiger partial charge in [0.05, 0.1) is 11.9 Å². The number of nitrogens with zero attached hydrogens (tertiary/aromatic N) is 2. The van der Waals surface area contributed by atoms with Gasteiger partial charge in [0, 0.05) is 24.8 Å². The van der Waals surface area contributed by atoms with Gasteiger partial charge in [-0.3, -0.25) is 4.98 Å². The van der Waals surface area contributed by atoms with Crippen molar-refractivity contribution in [2.75, 3.05) is 25.0 Å². The number of pyridine rings is 1. The molecule has 1 aromatic rings. The molecule has 1 aliphatic heterocycles. The molecule has 1 aromatic heterocycles. The summed E-state index contributed by atoms with van der Waals surface area (Å²) in [6.07, 6.45) is 4.41. The Hall–Kier alpha value is -1.09. The van der Waals surface area contributed by atoms with E-state index in [0.29, 0.717) is 6.04 Å². The molecule has 3 nitrogen and oxygen atoms in total. The molecule has 1 aliphatic rings. The number of anilines is 1. The van der Waals surface area contributed by atoms with Crippen LogP contribution in [0.2, 0.25) is 0 Å². The summed E-state index contributed by atoms with van der Waals surface area (Å²) in [7, 11) is 0. The molecule has 1 N–H and O–H groups in total. The fraction of sp³-hybridized carbons (Fsp3) is 0.615. The molecule has 1 fully saturated rings. The highest BCUT2D eigenvalue weighted by molar-refractivity contribution is 5.41. The van der Waals surface area contributed by atoms with E-state index in [4.69, 9.17) is 0 Å². The molecule has 0 bridgehead atoms. The van der Waals surface area contributed by atoms with Gasteiger partial charge in [-0.2, -0.15) is 0 Å². The van der Waals surface area contributed by atoms with Crippen LogP contribution in [-0.2, 0) is 0 Å². The topological polar surface area (TPSA) is 28.2 Å². The van der Waals surface area contributed by atoms with Gasteiger partial charge in [-0.1, -0.05) is 6.92 Å². The van der Waals surface area contributed by atoms with Gasteiger partial charge >= 0.3 is 0 Å². The number of aryl methyl sites for hydroxylation is 1. The molecule has 3 heteroatoms. The maximum atomic E-state index is 4.30. The van der Waals surface area contributed by atoms with Crippen LogP contribution in [0.5, 0.6) is 0 Å². The molecule has 88 valence electrons. The van der Waals surface area contributed by atoms with E-state index in [2.05, 4.69) is 34.3 Å². The van der Waals surface area contributed by atoms with Crippen LogP contribution < -0.4 is 5.32 Å². The van der Waals surface area contributed by atoms with Crippen LogP contribution in [0.3, 0.4) is 0 Å². The highest BCUT2D eigenvalue weighted by Crippen LogP contribution is 2.15. The van der Waals surface area contributed by atoms with Crippen molar-refractivity contribution in [2.24, 2.45) is 0 Å². The molecular formula is C13H21N3. The molecule has 16 heavy (non-hydrogen) atoms. The van der Waals surface area contributed by atoms with Crippen LogP contribution >= 0.6 is 0 Å². The molecule has 0 aromatic carbocycles. The molecule has 0 saturated carbocycles. The van der Waals surface area contributed by atoms with E-state index < -0.39 is 0 Å². The lowest BCUT2D eigenvalue weighted by molar-refractivity contribution is 0.229. The summed E-state index contributed by atoms with van der Waals surface area (Å²) in [4.78, 5) is 6.81. The zero-order valence-corrected chi connectivity index (χ0v) is 10.2. The first-order chi connectivity index (χ1) is 7.78. The molecule has 0 amide bonds. The molecule has 1 saturated heterocycles. The van der Waals surface area contributed by atoms with Crippen LogP contribution in [0, 0.1) is 6.92 Å². The lowest BCUT2D eigenvalue weighted by atomic mass is 10.0. The summed E-state index contributed by atoms with van der Waals surface area (Å²) in [6.45, 7) is 7.86. The van der Waals surface area contributed by atoms with Gasteiger partial charge < -0.3 is 10.2 Å². The van der Waals surface area contributed by atoms with E-state index in [0.717, 1.165) is 11.4 Å². The average Bonchev–Trinajstić information content (AvgIpc) is 2.33. The predicted molar refractivity (Wildman–Crippen MR) is 67.7 cm³/mol. The zero-order chi connectivity index (χ0) is 11.4. The maximum absolute atomic E-state index is 4.30. The van der Waals surface area contributed by atoms with Crippen LogP contribution in [0.15, 0.2) is 18.3 Å². The Morgan fingerprint density at radius 3 is 2.69 bits per heavy atom. The Balaban J connectivity index is 1.84. The van der Waals surface area contributed by atoms with E-state index in [1.807, 2.05) is 13.1 Å². The second-order valence-corrected chi connectivity index (χ2v) is 4.54. The first-order valence-electron chi connectivity index (χ1n) is 6.19. The normalized spacial score (nSPS) is 18.6. The number of aromatic nitrogens is 1. The molecule has 0 atom stereocenters. The monoisotopic (exact) mass is 219 g/mol. The van der Waals surface area contributed by atoms with Crippen molar-refractivity contribution >= 4 is 5.69 Å². The number of likely N-dealkylation sites (tertiary alicyclic amines) is 1. The van der Waals surface area contributed by atoms with Gasteiger partial charge in [-0.15, -0.1) is 0 Å². The summed E-state index contributed by atoms with van der Waals surface area (Å²) in [5.74, 6) is 0. The minimum absolute atomic E-state index is 0.618. The molecule has 0 spiro atoms. The zero-order valence-electron chi connectivity index (χ0n) is 10.2. The van der Waals surface area contributed by atoms with Crippen molar-refractivity contribution in [2.45, 2.75) is 32.7 Å². The van der Waals surface area contributed by atoms with Crippen molar-refractivity contribution < 1.29 is 0 Å². The second kappa shape index (κ2) is 5.30. The molecular weight excluding hydrogens is 198 g/mol. The fourth-order valence-corrected chi connectivity index (χ4v) is 2.18. The smallest absolute Gasteiger partial charge is 0.0529 e. The Morgan fingerprint density at radius 1 is 1.38 bits per heavy atom. The summed E-state index contributed by atoms with van der Waals surface area (Å²) >= 11 is 0. The van der Waals surface area contributed by atoms with E-state index in [1.165, 1.54) is 32.5 Å². The minimum atomic E-state index is 0.618. The molecule has 2 heterocycles. The Labute approximate surface area is 97.9 Å². The van der Waals surface area contributed by atoms with Crippen LogP contribution in [0.1, 0.15) is 25.5 Å². The largest absolute Gasteiger partial charge is 0.381 e. The van der Waals surface area contributed by atoms with Crippen LogP contribution in [0.25, 0.3) is 0 Å². The molecule has 2 rings (SSSR count). The predicted octanol–water partition coefficient (Wildman–Crippen LogP) is 2.29. The van der Waals surface area contributed by atoms with Crippen molar-refractivity contribution in [1.82, 2.24) is 9.88 Å². The third-order valence-electron chi connectivity index (χ3n) is 3.32. The van der Waals surface area contributed by atoms with Gasteiger partial charge in [0.25, 0.3) is 0 Å². The van der Waals surface area contributed by atoms with Crippen molar-refractivity contribution in [3.8, 4) is 0 Å². The van der Waals surface area contributed by atoms with E-state index >= 15 is 0 Å². The number of piperidine rings is 1. The van der Waals surface area contributed by atoms with Gasteiger partial charge in [-0.05, 0) is 38.4 Å². The van der Waals surface area contributed by atoms with E-state index in [9.17, 15) is 0 Å². The number of rotatable bonds is 3. The number of nitrogens with one attached hydrogen (secondary N) is 1. The van der Waals surface area contributed by atoms with Crippen molar-refractivity contribution in [3.63, 3.8) is 0 Å². The molecule has 0 aliphatic carbocycles. The summed E-state index contributed by atoms with van der Waals surface area (Å²) in [6, 6.07) is 4.80. The Kier molecular flexibility index (Phi) is 3.78. The summed E-state index contributed by atoms with van der Waals surface area (Å²) < 4.78 is 0. The molecule has 0 unspecified atom stereocenters. The number of hydrogen-bond acceptors (Lipinski definition) is 3. The minimum Gasteiger partial charge on any atom is -0.381 e. The van der Waals surface area contributed by atoms with Crippen molar-refractivity contribution in [1.29, 1.82) is 0 Å². The maximum Gasteiger partial charge on any atom is 0.0529 e.